The standard InChI is InChI=1S/C27H27F5O4S2/c1-15-7-16(2)10-21(9-15)37(22-11-17(3)8-18(4)12-22)23-13-19(5)24(20(6)14-23)36-25(26(28,29)30)27(31,32)38(33,34)35/h7-14,25H,1-6H3. The first kappa shape index (κ1) is 29.9. The van der Waals surface area contributed by atoms with Crippen molar-refractivity contribution in [1.29, 1.82) is 0 Å². The molecule has 4 nitrogen and oxygen atoms in total. The molecule has 0 bridgehead atoms. The molecule has 1 unspecified atom stereocenters. The summed E-state index contributed by atoms with van der Waals surface area (Å²) in [5.41, 5.74) is 4.24. The van der Waals surface area contributed by atoms with E-state index in [9.17, 15) is 34.9 Å². The van der Waals surface area contributed by atoms with Crippen molar-refractivity contribution in [3.05, 3.63) is 81.9 Å². The van der Waals surface area contributed by atoms with Crippen molar-refractivity contribution in [3.63, 3.8) is 0 Å². The number of hydrogen-bond acceptors (Lipinski definition) is 4. The van der Waals surface area contributed by atoms with E-state index in [1.165, 1.54) is 26.0 Å². The monoisotopic (exact) mass is 574 g/mol. The summed E-state index contributed by atoms with van der Waals surface area (Å²) in [4.78, 5) is 2.61. The molecule has 0 amide bonds. The van der Waals surface area contributed by atoms with Crippen LogP contribution in [-0.2, 0) is 21.0 Å². The Morgan fingerprint density at radius 1 is 0.684 bits per heavy atom. The van der Waals surface area contributed by atoms with Crippen molar-refractivity contribution in [2.45, 2.75) is 73.8 Å². The van der Waals surface area contributed by atoms with Gasteiger partial charge in [-0.1, -0.05) is 12.1 Å². The van der Waals surface area contributed by atoms with Crippen molar-refractivity contribution >= 4 is 21.0 Å². The molecule has 0 aliphatic carbocycles. The molecule has 206 valence electrons. The van der Waals surface area contributed by atoms with Crippen molar-refractivity contribution in [1.82, 2.24) is 0 Å². The highest BCUT2D eigenvalue weighted by atomic mass is 32.2. The topological polar surface area (TPSA) is 66.4 Å². The normalized spacial score (nSPS) is 13.6. The Hall–Kier alpha value is -2.63. The summed E-state index contributed by atoms with van der Waals surface area (Å²) in [5, 5.41) is -5.73. The van der Waals surface area contributed by atoms with E-state index in [4.69, 9.17) is 0 Å². The Morgan fingerprint density at radius 3 is 1.34 bits per heavy atom. The number of ether oxygens (including phenoxy) is 1. The van der Waals surface area contributed by atoms with Crippen LogP contribution in [0.5, 0.6) is 5.75 Å². The molecule has 3 aromatic carbocycles. The predicted molar refractivity (Wildman–Crippen MR) is 135 cm³/mol. The maximum Gasteiger partial charge on any atom is 0.432 e. The summed E-state index contributed by atoms with van der Waals surface area (Å²) in [6.45, 7) is 10.6. The molecule has 0 aliphatic rings. The molecule has 3 rings (SSSR count). The van der Waals surface area contributed by atoms with Crippen molar-refractivity contribution in [2.24, 2.45) is 0 Å². The van der Waals surface area contributed by atoms with E-state index in [-0.39, 0.29) is 11.1 Å². The summed E-state index contributed by atoms with van der Waals surface area (Å²) >= 11 is 0. The van der Waals surface area contributed by atoms with Gasteiger partial charge >= 0.3 is 11.4 Å². The average Bonchev–Trinajstić information content (AvgIpc) is 2.70. The van der Waals surface area contributed by atoms with Crippen LogP contribution in [0.15, 0.2) is 63.2 Å². The molecule has 0 aliphatic heterocycles. The minimum Gasteiger partial charge on any atom is -0.743 e. The van der Waals surface area contributed by atoms with Crippen LogP contribution in [0.3, 0.4) is 0 Å². The number of aryl methyl sites for hydroxylation is 6. The van der Waals surface area contributed by atoms with Crippen LogP contribution in [0.2, 0.25) is 0 Å². The lowest BCUT2D eigenvalue weighted by Gasteiger charge is -2.31. The predicted octanol–water partition coefficient (Wildman–Crippen LogP) is 7.08. The number of hydrogen-bond donors (Lipinski definition) is 0. The average molecular weight is 575 g/mol. The van der Waals surface area contributed by atoms with E-state index in [1.807, 2.05) is 64.1 Å². The zero-order chi connectivity index (χ0) is 28.8. The van der Waals surface area contributed by atoms with Crippen molar-refractivity contribution < 1.29 is 39.7 Å². The number of rotatable bonds is 7. The number of alkyl halides is 5. The fourth-order valence-corrected chi connectivity index (χ4v) is 7.36. The molecule has 0 N–H and O–H groups in total. The summed E-state index contributed by atoms with van der Waals surface area (Å²) in [6, 6.07) is 15.2. The quantitative estimate of drug-likeness (QED) is 0.172. The minimum absolute atomic E-state index is 0.0830. The zero-order valence-corrected chi connectivity index (χ0v) is 23.2. The van der Waals surface area contributed by atoms with Gasteiger partial charge in [-0.25, -0.2) is 8.42 Å². The van der Waals surface area contributed by atoms with Crippen LogP contribution in [0.1, 0.15) is 33.4 Å². The van der Waals surface area contributed by atoms with E-state index in [1.54, 1.807) is 0 Å². The molecule has 0 aromatic heterocycles. The molecule has 1 atom stereocenters. The Labute approximate surface area is 221 Å². The molecule has 0 radical (unpaired) electrons. The van der Waals surface area contributed by atoms with Crippen LogP contribution in [0, 0.1) is 41.5 Å². The third kappa shape index (κ3) is 6.32. The maximum atomic E-state index is 14.1. The van der Waals surface area contributed by atoms with Gasteiger partial charge in [-0.3, -0.25) is 0 Å². The highest BCUT2D eigenvalue weighted by Gasteiger charge is 2.62. The first-order valence-electron chi connectivity index (χ1n) is 11.4. The highest BCUT2D eigenvalue weighted by Crippen LogP contribution is 2.42. The van der Waals surface area contributed by atoms with Crippen molar-refractivity contribution in [3.8, 4) is 5.75 Å². The molecule has 38 heavy (non-hydrogen) atoms. The first-order chi connectivity index (χ1) is 17.3. The van der Waals surface area contributed by atoms with Gasteiger partial charge in [0.15, 0.2) is 24.8 Å². The van der Waals surface area contributed by atoms with Crippen molar-refractivity contribution in [2.75, 3.05) is 0 Å². The third-order valence-corrected chi connectivity index (χ3v) is 8.70. The highest BCUT2D eigenvalue weighted by molar-refractivity contribution is 7.97. The summed E-state index contributed by atoms with van der Waals surface area (Å²) in [5.74, 6) is -0.566. The van der Waals surface area contributed by atoms with Gasteiger partial charge in [0.2, 0.25) is 0 Å². The minimum atomic E-state index is -6.67. The van der Waals surface area contributed by atoms with Gasteiger partial charge in [-0.2, -0.15) is 22.0 Å². The van der Waals surface area contributed by atoms with Crippen LogP contribution in [0.4, 0.5) is 22.0 Å². The summed E-state index contributed by atoms with van der Waals surface area (Å²) in [6.07, 6.45) is -10.0. The van der Waals surface area contributed by atoms with E-state index >= 15 is 0 Å². The zero-order valence-electron chi connectivity index (χ0n) is 21.5. The molecule has 0 fully saturated rings. The lowest BCUT2D eigenvalue weighted by Crippen LogP contribution is -2.53. The lowest BCUT2D eigenvalue weighted by atomic mass is 10.1. The third-order valence-electron chi connectivity index (χ3n) is 5.70. The second-order valence-electron chi connectivity index (χ2n) is 9.39. The molecule has 0 saturated heterocycles. The van der Waals surface area contributed by atoms with Gasteiger partial charge in [-0.15, -0.1) is 0 Å². The Balaban J connectivity index is 2.20. The van der Waals surface area contributed by atoms with Gasteiger partial charge < -0.3 is 9.29 Å². The van der Waals surface area contributed by atoms with Gasteiger partial charge in [-0.05, 0) is 99.2 Å². The lowest BCUT2D eigenvalue weighted by molar-refractivity contribution is -0.239. The van der Waals surface area contributed by atoms with Crippen LogP contribution in [-0.4, -0.2) is 30.5 Å². The van der Waals surface area contributed by atoms with Gasteiger partial charge in [0.25, 0.3) is 6.10 Å². The van der Waals surface area contributed by atoms with E-state index in [0.717, 1.165) is 32.0 Å². The Morgan fingerprint density at radius 2 is 1.03 bits per heavy atom. The number of benzene rings is 3. The second-order valence-corrected chi connectivity index (χ2v) is 12.9. The van der Waals surface area contributed by atoms with Crippen LogP contribution < -0.4 is 4.74 Å². The molecule has 0 spiro atoms. The maximum absolute atomic E-state index is 14.1. The Kier molecular flexibility index (Phi) is 8.27. The van der Waals surface area contributed by atoms with E-state index in [0.29, 0.717) is 4.90 Å². The van der Waals surface area contributed by atoms with Crippen LogP contribution >= 0.6 is 0 Å². The first-order valence-corrected chi connectivity index (χ1v) is 14.0. The molecule has 0 heterocycles. The molecular formula is C27H27F5O4S2. The van der Waals surface area contributed by atoms with Gasteiger partial charge in [0.05, 0.1) is 10.9 Å². The fourth-order valence-electron chi connectivity index (χ4n) is 4.30. The van der Waals surface area contributed by atoms with Gasteiger partial charge in [0.1, 0.15) is 5.75 Å². The van der Waals surface area contributed by atoms with Crippen LogP contribution in [0.25, 0.3) is 0 Å². The van der Waals surface area contributed by atoms with E-state index < -0.39 is 44.3 Å². The molecular weight excluding hydrogens is 547 g/mol. The summed E-state index contributed by atoms with van der Waals surface area (Å²) in [7, 11) is -7.38. The number of halogens is 5. The fraction of sp³-hybridized carbons (Fsp3) is 0.333. The largest absolute Gasteiger partial charge is 0.743 e. The van der Waals surface area contributed by atoms with E-state index in [2.05, 4.69) is 4.74 Å². The SMILES string of the molecule is Cc1cc(C)cc([S+](c2cc(C)cc(C)c2)c2cc(C)c(OC(C(F)(F)F)C(F)(F)S(=O)(=O)[O-])c(C)c2)c1. The Bertz CT molecular complexity index is 1350. The smallest absolute Gasteiger partial charge is 0.432 e. The molecule has 11 heteroatoms. The van der Waals surface area contributed by atoms with Gasteiger partial charge in [0, 0.05) is 12.1 Å². The molecule has 3 aromatic rings. The molecule has 0 saturated carbocycles. The second kappa shape index (κ2) is 10.5. The summed E-state index contributed by atoms with van der Waals surface area (Å²) < 4.78 is 106.